The molecule has 162 valence electrons. The summed E-state index contributed by atoms with van der Waals surface area (Å²) in [6.07, 6.45) is 3.92. The highest BCUT2D eigenvalue weighted by atomic mass is 32.1. The van der Waals surface area contributed by atoms with Gasteiger partial charge >= 0.3 is 0 Å². The van der Waals surface area contributed by atoms with Crippen LogP contribution < -0.4 is 5.32 Å². The standard InChI is InChI=1S/C26H32N4S/c1-6-15-29-25(23(28-26(29)31)22-13-8-9-14-27-22)21-16-18(4)30(19(21)5)24-17(3)11-10-12-20(24)7-2/h8-14,16,23,25H,6-7,15H2,1-5H3,(H,28,31)/t23-,25-/m1/s1. The van der Waals surface area contributed by atoms with Gasteiger partial charge in [0.15, 0.2) is 5.11 Å². The molecule has 1 aliphatic heterocycles. The zero-order chi connectivity index (χ0) is 22.1. The second-order valence-corrected chi connectivity index (χ2v) is 8.80. The van der Waals surface area contributed by atoms with E-state index >= 15 is 0 Å². The van der Waals surface area contributed by atoms with Crippen molar-refractivity contribution in [1.29, 1.82) is 0 Å². The molecule has 0 saturated carbocycles. The maximum absolute atomic E-state index is 5.78. The van der Waals surface area contributed by atoms with E-state index in [0.717, 1.165) is 30.2 Å². The first-order valence-corrected chi connectivity index (χ1v) is 11.6. The Balaban J connectivity index is 1.88. The topological polar surface area (TPSA) is 33.1 Å². The van der Waals surface area contributed by atoms with Crippen LogP contribution in [0.3, 0.4) is 0 Å². The fraction of sp³-hybridized carbons (Fsp3) is 0.385. The van der Waals surface area contributed by atoms with Crippen LogP contribution in [0.5, 0.6) is 0 Å². The van der Waals surface area contributed by atoms with Crippen LogP contribution in [0.1, 0.15) is 66.1 Å². The minimum absolute atomic E-state index is 0.0386. The number of hydrogen-bond donors (Lipinski definition) is 1. The van der Waals surface area contributed by atoms with Crippen molar-refractivity contribution in [1.82, 2.24) is 19.8 Å². The average Bonchev–Trinajstić information content (AvgIpc) is 3.24. The van der Waals surface area contributed by atoms with E-state index in [-0.39, 0.29) is 12.1 Å². The number of benzene rings is 1. The Kier molecular flexibility index (Phi) is 6.15. The van der Waals surface area contributed by atoms with Crippen LogP contribution in [0.15, 0.2) is 48.7 Å². The van der Waals surface area contributed by atoms with Crippen molar-refractivity contribution in [2.75, 3.05) is 6.54 Å². The maximum atomic E-state index is 5.78. The molecule has 4 rings (SSSR count). The van der Waals surface area contributed by atoms with Crippen LogP contribution in [0.2, 0.25) is 0 Å². The van der Waals surface area contributed by atoms with Gasteiger partial charge in [-0.3, -0.25) is 4.98 Å². The van der Waals surface area contributed by atoms with Gasteiger partial charge in [-0.2, -0.15) is 0 Å². The molecule has 1 N–H and O–H groups in total. The van der Waals surface area contributed by atoms with Crippen molar-refractivity contribution in [3.05, 3.63) is 82.4 Å². The van der Waals surface area contributed by atoms with Crippen molar-refractivity contribution < 1.29 is 0 Å². The third kappa shape index (κ3) is 3.76. The summed E-state index contributed by atoms with van der Waals surface area (Å²) in [5.41, 5.74) is 8.88. The molecule has 2 atom stereocenters. The number of para-hydroxylation sites is 1. The van der Waals surface area contributed by atoms with Crippen molar-refractivity contribution in [2.45, 2.75) is 59.5 Å². The second-order valence-electron chi connectivity index (χ2n) is 8.42. The van der Waals surface area contributed by atoms with E-state index in [1.54, 1.807) is 0 Å². The summed E-state index contributed by atoms with van der Waals surface area (Å²) in [6, 6.07) is 15.2. The minimum Gasteiger partial charge on any atom is -0.352 e. The summed E-state index contributed by atoms with van der Waals surface area (Å²) in [6.45, 7) is 12.0. The summed E-state index contributed by atoms with van der Waals surface area (Å²) in [4.78, 5) is 7.02. The van der Waals surface area contributed by atoms with Gasteiger partial charge in [0.25, 0.3) is 0 Å². The highest BCUT2D eigenvalue weighted by Gasteiger charge is 2.41. The van der Waals surface area contributed by atoms with Crippen LogP contribution in [0.4, 0.5) is 0 Å². The Bertz CT molecular complexity index is 1090. The van der Waals surface area contributed by atoms with E-state index in [1.807, 2.05) is 12.3 Å². The van der Waals surface area contributed by atoms with Crippen LogP contribution in [0, 0.1) is 20.8 Å². The molecule has 3 heterocycles. The largest absolute Gasteiger partial charge is 0.352 e. The van der Waals surface area contributed by atoms with E-state index in [2.05, 4.69) is 90.8 Å². The average molecular weight is 433 g/mol. The molecule has 3 aromatic rings. The summed E-state index contributed by atoms with van der Waals surface area (Å²) >= 11 is 5.78. The highest BCUT2D eigenvalue weighted by molar-refractivity contribution is 7.80. The number of rotatable bonds is 6. The molecular weight excluding hydrogens is 400 g/mol. The second kappa shape index (κ2) is 8.83. The lowest BCUT2D eigenvalue weighted by Gasteiger charge is -2.28. The number of nitrogens with zero attached hydrogens (tertiary/aromatic N) is 3. The first kappa shape index (κ1) is 21.6. The van der Waals surface area contributed by atoms with Crippen molar-refractivity contribution in [3.63, 3.8) is 0 Å². The van der Waals surface area contributed by atoms with E-state index in [1.165, 1.54) is 33.8 Å². The summed E-state index contributed by atoms with van der Waals surface area (Å²) < 4.78 is 2.43. The number of aryl methyl sites for hydroxylation is 3. The van der Waals surface area contributed by atoms with Gasteiger partial charge in [-0.05, 0) is 80.7 Å². The third-order valence-electron chi connectivity index (χ3n) is 6.38. The molecule has 1 aromatic carbocycles. The molecule has 0 unspecified atom stereocenters. The Labute approximate surface area is 191 Å². The summed E-state index contributed by atoms with van der Waals surface area (Å²) in [5.74, 6) is 0. The fourth-order valence-corrected chi connectivity index (χ4v) is 5.31. The van der Waals surface area contributed by atoms with E-state index in [9.17, 15) is 0 Å². The van der Waals surface area contributed by atoms with Crippen LogP contribution in [0.25, 0.3) is 5.69 Å². The van der Waals surface area contributed by atoms with Gasteiger partial charge in [0.05, 0.1) is 23.5 Å². The molecule has 2 aromatic heterocycles. The molecule has 0 aliphatic carbocycles. The van der Waals surface area contributed by atoms with Gasteiger partial charge in [-0.25, -0.2) is 0 Å². The number of nitrogens with one attached hydrogen (secondary N) is 1. The first-order valence-electron chi connectivity index (χ1n) is 11.2. The molecule has 0 amide bonds. The van der Waals surface area contributed by atoms with Gasteiger partial charge < -0.3 is 14.8 Å². The van der Waals surface area contributed by atoms with Gasteiger partial charge in [0, 0.05) is 24.1 Å². The lowest BCUT2D eigenvalue weighted by atomic mass is 9.96. The summed E-state index contributed by atoms with van der Waals surface area (Å²) in [5, 5.41) is 4.39. The molecule has 31 heavy (non-hydrogen) atoms. The van der Waals surface area contributed by atoms with Gasteiger partial charge in [0.1, 0.15) is 0 Å². The molecule has 0 radical (unpaired) electrons. The SMILES string of the molecule is CCCN1C(=S)N[C@H](c2ccccn2)[C@H]1c1cc(C)n(-c2c(C)cccc2CC)c1C. The quantitative estimate of drug-likeness (QED) is 0.503. The monoisotopic (exact) mass is 432 g/mol. The molecule has 4 nitrogen and oxygen atoms in total. The number of thiocarbonyl (C=S) groups is 1. The lowest BCUT2D eigenvalue weighted by Crippen LogP contribution is -2.30. The van der Waals surface area contributed by atoms with Gasteiger partial charge in [-0.15, -0.1) is 0 Å². The van der Waals surface area contributed by atoms with E-state index in [0.29, 0.717) is 0 Å². The Morgan fingerprint density at radius 3 is 2.55 bits per heavy atom. The highest BCUT2D eigenvalue weighted by Crippen LogP contribution is 2.41. The van der Waals surface area contributed by atoms with Gasteiger partial charge in [-0.1, -0.05) is 38.1 Å². The van der Waals surface area contributed by atoms with Crippen molar-refractivity contribution in [3.8, 4) is 5.69 Å². The molecule has 0 bridgehead atoms. The third-order valence-corrected chi connectivity index (χ3v) is 6.73. The van der Waals surface area contributed by atoms with Gasteiger partial charge in [0.2, 0.25) is 0 Å². The maximum Gasteiger partial charge on any atom is 0.170 e. The fourth-order valence-electron chi connectivity index (χ4n) is 4.98. The molecule has 1 aliphatic rings. The van der Waals surface area contributed by atoms with E-state index < -0.39 is 0 Å². The molecular formula is C26H32N4S. The van der Waals surface area contributed by atoms with Crippen LogP contribution in [-0.2, 0) is 6.42 Å². The molecule has 1 fully saturated rings. The predicted octanol–water partition coefficient (Wildman–Crippen LogP) is 5.74. The normalized spacial score (nSPS) is 18.5. The number of hydrogen-bond acceptors (Lipinski definition) is 2. The molecule has 1 saturated heterocycles. The minimum atomic E-state index is 0.0386. The predicted molar refractivity (Wildman–Crippen MR) is 132 cm³/mol. The van der Waals surface area contributed by atoms with Crippen molar-refractivity contribution in [2.24, 2.45) is 0 Å². The summed E-state index contributed by atoms with van der Waals surface area (Å²) in [7, 11) is 0. The zero-order valence-corrected chi connectivity index (χ0v) is 20.0. The number of aromatic nitrogens is 2. The number of pyridine rings is 1. The zero-order valence-electron chi connectivity index (χ0n) is 19.1. The van der Waals surface area contributed by atoms with Crippen LogP contribution >= 0.6 is 12.2 Å². The smallest absolute Gasteiger partial charge is 0.170 e. The Hall–Kier alpha value is -2.66. The Morgan fingerprint density at radius 2 is 1.87 bits per heavy atom. The Morgan fingerprint density at radius 1 is 1.06 bits per heavy atom. The van der Waals surface area contributed by atoms with E-state index in [4.69, 9.17) is 12.2 Å². The van der Waals surface area contributed by atoms with Crippen LogP contribution in [-0.4, -0.2) is 26.1 Å². The van der Waals surface area contributed by atoms with Crippen molar-refractivity contribution >= 4 is 17.3 Å². The molecule has 5 heteroatoms. The molecule has 0 spiro atoms. The lowest BCUT2D eigenvalue weighted by molar-refractivity contribution is 0.316. The first-order chi connectivity index (χ1) is 15.0.